The number of rotatable bonds is 4. The van der Waals surface area contributed by atoms with Crippen LogP contribution in [-0.2, 0) is 0 Å². The van der Waals surface area contributed by atoms with Crippen LogP contribution in [0.15, 0.2) is 60.7 Å². The standard InChI is InChI=1S/C23H14Cl3FN2O2/c1-12-5-7-16(25)11-19(12)29-21(13-6-8-18(27)17(26)10-13)20(23(30)31)28-22(29)14-3-2-4-15(24)9-14/h2-11H,1H3,(H,30,31). The van der Waals surface area contributed by atoms with Gasteiger partial charge >= 0.3 is 5.97 Å². The number of aromatic nitrogens is 2. The molecular weight excluding hydrogens is 462 g/mol. The molecule has 0 unspecified atom stereocenters. The smallest absolute Gasteiger partial charge is 0.356 e. The van der Waals surface area contributed by atoms with E-state index in [1.807, 2.05) is 13.0 Å². The van der Waals surface area contributed by atoms with E-state index in [-0.39, 0.29) is 16.4 Å². The molecule has 0 amide bonds. The highest BCUT2D eigenvalue weighted by atomic mass is 35.5. The molecule has 0 atom stereocenters. The lowest BCUT2D eigenvalue weighted by Crippen LogP contribution is -2.05. The number of aromatic carboxylic acids is 1. The minimum absolute atomic E-state index is 0.131. The van der Waals surface area contributed by atoms with Crippen LogP contribution in [0.1, 0.15) is 16.1 Å². The van der Waals surface area contributed by atoms with E-state index >= 15 is 0 Å². The van der Waals surface area contributed by atoms with Gasteiger partial charge in [-0.25, -0.2) is 14.2 Å². The number of aryl methyl sites for hydroxylation is 1. The van der Waals surface area contributed by atoms with Gasteiger partial charge in [0.1, 0.15) is 11.6 Å². The van der Waals surface area contributed by atoms with Crippen LogP contribution < -0.4 is 0 Å². The van der Waals surface area contributed by atoms with Gasteiger partial charge in [0.2, 0.25) is 0 Å². The zero-order valence-corrected chi connectivity index (χ0v) is 18.3. The van der Waals surface area contributed by atoms with Crippen LogP contribution in [0.5, 0.6) is 0 Å². The minimum Gasteiger partial charge on any atom is -0.476 e. The molecule has 4 aromatic rings. The van der Waals surface area contributed by atoms with Crippen LogP contribution in [0.2, 0.25) is 15.1 Å². The van der Waals surface area contributed by atoms with Gasteiger partial charge in [0, 0.05) is 21.2 Å². The van der Waals surface area contributed by atoms with Gasteiger partial charge in [-0.05, 0) is 55.0 Å². The molecule has 4 rings (SSSR count). The van der Waals surface area contributed by atoms with Crippen LogP contribution in [0.3, 0.4) is 0 Å². The van der Waals surface area contributed by atoms with Crippen LogP contribution >= 0.6 is 34.8 Å². The molecule has 156 valence electrons. The van der Waals surface area contributed by atoms with Gasteiger partial charge in [0.05, 0.1) is 16.4 Å². The number of carboxylic acids is 1. The summed E-state index contributed by atoms with van der Waals surface area (Å²) in [5.74, 6) is -1.50. The fraction of sp³-hybridized carbons (Fsp3) is 0.0435. The zero-order valence-electron chi connectivity index (χ0n) is 16.0. The topological polar surface area (TPSA) is 55.1 Å². The first-order valence-electron chi connectivity index (χ1n) is 9.10. The van der Waals surface area contributed by atoms with Gasteiger partial charge < -0.3 is 5.11 Å². The molecular formula is C23H14Cl3FN2O2. The summed E-state index contributed by atoms with van der Waals surface area (Å²) in [6.45, 7) is 1.87. The molecule has 0 fully saturated rings. The molecule has 0 saturated carbocycles. The average Bonchev–Trinajstić information content (AvgIpc) is 3.12. The van der Waals surface area contributed by atoms with Crippen molar-refractivity contribution in [1.29, 1.82) is 0 Å². The molecule has 1 aromatic heterocycles. The summed E-state index contributed by atoms with van der Waals surface area (Å²) in [5, 5.41) is 10.7. The van der Waals surface area contributed by atoms with Crippen molar-refractivity contribution in [3.63, 3.8) is 0 Å². The van der Waals surface area contributed by atoms with Crippen molar-refractivity contribution in [1.82, 2.24) is 9.55 Å². The van der Waals surface area contributed by atoms with Crippen molar-refractivity contribution < 1.29 is 14.3 Å². The number of hydrogen-bond donors (Lipinski definition) is 1. The first-order chi connectivity index (χ1) is 14.8. The summed E-state index contributed by atoms with van der Waals surface area (Å²) in [4.78, 5) is 16.6. The third kappa shape index (κ3) is 4.04. The Bertz CT molecular complexity index is 1330. The van der Waals surface area contributed by atoms with Crippen LogP contribution in [-0.4, -0.2) is 20.6 Å². The summed E-state index contributed by atoms with van der Waals surface area (Å²) in [6.07, 6.45) is 0. The highest BCUT2D eigenvalue weighted by molar-refractivity contribution is 6.31. The molecule has 0 aliphatic rings. The first-order valence-corrected chi connectivity index (χ1v) is 10.2. The van der Waals surface area contributed by atoms with E-state index in [0.717, 1.165) is 5.56 Å². The number of halogens is 4. The predicted molar refractivity (Wildman–Crippen MR) is 121 cm³/mol. The maximum atomic E-state index is 13.8. The van der Waals surface area contributed by atoms with Crippen molar-refractivity contribution in [3.8, 4) is 28.3 Å². The summed E-state index contributed by atoms with van der Waals surface area (Å²) in [6, 6.07) is 16.2. The molecule has 31 heavy (non-hydrogen) atoms. The Hall–Kier alpha value is -2.86. The van der Waals surface area contributed by atoms with Gasteiger partial charge in [-0.1, -0.05) is 53.0 Å². The van der Waals surface area contributed by atoms with E-state index in [1.54, 1.807) is 41.0 Å². The lowest BCUT2D eigenvalue weighted by atomic mass is 10.1. The normalized spacial score (nSPS) is 11.0. The largest absolute Gasteiger partial charge is 0.476 e. The second kappa shape index (κ2) is 8.35. The first kappa shape index (κ1) is 21.4. The van der Waals surface area contributed by atoms with E-state index in [9.17, 15) is 14.3 Å². The number of carboxylic acid groups (broad SMARTS) is 1. The van der Waals surface area contributed by atoms with Crippen LogP contribution in [0.25, 0.3) is 28.3 Å². The zero-order chi connectivity index (χ0) is 22.3. The average molecular weight is 476 g/mol. The van der Waals surface area contributed by atoms with Crippen molar-refractivity contribution >= 4 is 40.8 Å². The molecule has 0 saturated heterocycles. The van der Waals surface area contributed by atoms with E-state index in [1.165, 1.54) is 18.2 Å². The van der Waals surface area contributed by atoms with Crippen LogP contribution in [0, 0.1) is 12.7 Å². The van der Waals surface area contributed by atoms with Crippen molar-refractivity contribution in [2.24, 2.45) is 0 Å². The van der Waals surface area contributed by atoms with Gasteiger partial charge in [-0.15, -0.1) is 0 Å². The minimum atomic E-state index is -1.24. The second-order valence-corrected chi connectivity index (χ2v) is 8.12. The molecule has 0 bridgehead atoms. The van der Waals surface area contributed by atoms with Crippen molar-refractivity contribution in [2.45, 2.75) is 6.92 Å². The van der Waals surface area contributed by atoms with Crippen molar-refractivity contribution in [2.75, 3.05) is 0 Å². The Labute approximate surface area is 192 Å². The molecule has 0 radical (unpaired) electrons. The summed E-state index contributed by atoms with van der Waals surface area (Å²) in [7, 11) is 0. The molecule has 1 N–H and O–H groups in total. The fourth-order valence-electron chi connectivity index (χ4n) is 3.36. The van der Waals surface area contributed by atoms with E-state index in [0.29, 0.717) is 32.7 Å². The molecule has 1 heterocycles. The molecule has 3 aromatic carbocycles. The fourth-order valence-corrected chi connectivity index (χ4v) is 3.90. The van der Waals surface area contributed by atoms with Gasteiger partial charge in [0.25, 0.3) is 0 Å². The Balaban J connectivity index is 2.15. The van der Waals surface area contributed by atoms with E-state index in [4.69, 9.17) is 34.8 Å². The molecule has 4 nitrogen and oxygen atoms in total. The number of nitrogens with zero attached hydrogens (tertiary/aromatic N) is 2. The summed E-state index contributed by atoms with van der Waals surface area (Å²) in [5.41, 5.74) is 2.49. The Morgan fingerprint density at radius 1 is 0.968 bits per heavy atom. The molecule has 0 spiro atoms. The maximum Gasteiger partial charge on any atom is 0.356 e. The third-order valence-corrected chi connectivity index (χ3v) is 5.53. The second-order valence-electron chi connectivity index (χ2n) is 6.84. The number of benzene rings is 3. The highest BCUT2D eigenvalue weighted by Gasteiger charge is 2.26. The lowest BCUT2D eigenvalue weighted by Gasteiger charge is -2.16. The lowest BCUT2D eigenvalue weighted by molar-refractivity contribution is 0.0692. The molecule has 0 aliphatic heterocycles. The third-order valence-electron chi connectivity index (χ3n) is 4.77. The molecule has 0 aliphatic carbocycles. The van der Waals surface area contributed by atoms with Crippen molar-refractivity contribution in [3.05, 3.63) is 92.8 Å². The highest BCUT2D eigenvalue weighted by Crippen LogP contribution is 2.37. The van der Waals surface area contributed by atoms with Crippen LogP contribution in [0.4, 0.5) is 4.39 Å². The quantitative estimate of drug-likeness (QED) is 0.336. The Kier molecular flexibility index (Phi) is 5.75. The Morgan fingerprint density at radius 2 is 1.71 bits per heavy atom. The van der Waals surface area contributed by atoms with Gasteiger partial charge in [-0.3, -0.25) is 4.57 Å². The van der Waals surface area contributed by atoms with E-state index in [2.05, 4.69) is 4.98 Å². The number of hydrogen-bond acceptors (Lipinski definition) is 2. The monoisotopic (exact) mass is 474 g/mol. The summed E-state index contributed by atoms with van der Waals surface area (Å²) < 4.78 is 15.5. The van der Waals surface area contributed by atoms with E-state index < -0.39 is 11.8 Å². The molecule has 8 heteroatoms. The van der Waals surface area contributed by atoms with Gasteiger partial charge in [0.15, 0.2) is 5.69 Å². The Morgan fingerprint density at radius 3 is 2.39 bits per heavy atom. The van der Waals surface area contributed by atoms with Gasteiger partial charge in [-0.2, -0.15) is 0 Å². The maximum absolute atomic E-state index is 13.8. The summed E-state index contributed by atoms with van der Waals surface area (Å²) >= 11 is 18.4. The number of carbonyl (C=O) groups is 1. The predicted octanol–water partition coefficient (Wildman–Crippen LogP) is 7.31. The SMILES string of the molecule is Cc1ccc(Cl)cc1-n1c(-c2cccc(Cl)c2)nc(C(=O)O)c1-c1ccc(F)c(Cl)c1. The number of imidazole rings is 1.